The van der Waals surface area contributed by atoms with E-state index in [1.165, 1.54) is 6.92 Å². The van der Waals surface area contributed by atoms with Crippen LogP contribution < -0.4 is 0 Å². The average Bonchev–Trinajstić information content (AvgIpc) is 2.52. The zero-order valence-corrected chi connectivity index (χ0v) is 13.4. The molecule has 0 amide bonds. The summed E-state index contributed by atoms with van der Waals surface area (Å²) < 4.78 is 11.5. The molecule has 3 nitrogen and oxygen atoms in total. The maximum Gasteiger partial charge on any atom is 0.193 e. The lowest BCUT2D eigenvalue weighted by Crippen LogP contribution is -2.20. The smallest absolute Gasteiger partial charge is 0.193 e. The highest BCUT2D eigenvalue weighted by Crippen LogP contribution is 2.21. The second kappa shape index (κ2) is 7.38. The van der Waals surface area contributed by atoms with Crippen molar-refractivity contribution in [2.24, 2.45) is 0 Å². The molecular formula is C18H18O3S. The molecule has 2 rings (SSSR count). The predicted molar refractivity (Wildman–Crippen MR) is 88.7 cm³/mol. The summed E-state index contributed by atoms with van der Waals surface area (Å²) in [7, 11) is 0. The Balaban J connectivity index is 2.33. The van der Waals surface area contributed by atoms with Crippen LogP contribution in [-0.4, -0.2) is 28.1 Å². The van der Waals surface area contributed by atoms with Gasteiger partial charge in [0.1, 0.15) is 11.5 Å². The Hall–Kier alpha value is -1.91. The molecule has 2 aromatic rings. The number of Topliss-reactive ketones (excluding diaryl/α,β-unsaturated/α-hetero) is 1. The summed E-state index contributed by atoms with van der Waals surface area (Å²) in [6, 6.07) is 16.0. The van der Waals surface area contributed by atoms with Gasteiger partial charge >= 0.3 is 0 Å². The molecule has 0 radical (unpaired) electrons. The van der Waals surface area contributed by atoms with Crippen LogP contribution in [0.25, 0.3) is 0 Å². The van der Waals surface area contributed by atoms with E-state index in [0.717, 1.165) is 5.56 Å². The molecule has 0 aliphatic heterocycles. The Bertz CT molecular complexity index is 665. The molecule has 0 heterocycles. The van der Waals surface area contributed by atoms with E-state index in [1.807, 2.05) is 18.2 Å². The monoisotopic (exact) mass is 314 g/mol. The normalized spacial score (nSPS) is 13.4. The minimum atomic E-state index is -1.08. The van der Waals surface area contributed by atoms with Gasteiger partial charge in [-0.1, -0.05) is 59.7 Å². The van der Waals surface area contributed by atoms with Crippen molar-refractivity contribution in [2.45, 2.75) is 12.8 Å². The lowest BCUT2D eigenvalue weighted by Gasteiger charge is -2.15. The summed E-state index contributed by atoms with van der Waals surface area (Å²) in [5, 5.41) is 0. The van der Waals surface area contributed by atoms with E-state index < -0.39 is 17.1 Å². The summed E-state index contributed by atoms with van der Waals surface area (Å²) >= 11 is -1.08. The van der Waals surface area contributed by atoms with Gasteiger partial charge in [0.2, 0.25) is 0 Å². The van der Waals surface area contributed by atoms with E-state index in [9.17, 15) is 14.1 Å². The Kier molecular flexibility index (Phi) is 5.52. The van der Waals surface area contributed by atoms with Gasteiger partial charge in [-0.25, -0.2) is 0 Å². The lowest BCUT2D eigenvalue weighted by molar-refractivity contribution is -0.118. The Morgan fingerprint density at radius 1 is 1.05 bits per heavy atom. The van der Waals surface area contributed by atoms with Crippen LogP contribution in [0.5, 0.6) is 0 Å². The van der Waals surface area contributed by atoms with Crippen molar-refractivity contribution in [1.29, 1.82) is 0 Å². The highest BCUT2D eigenvalue weighted by atomic mass is 32.2. The first-order chi connectivity index (χ1) is 10.5. The maximum absolute atomic E-state index is 12.5. The van der Waals surface area contributed by atoms with Gasteiger partial charge in [-0.15, -0.1) is 0 Å². The summed E-state index contributed by atoms with van der Waals surface area (Å²) in [5.74, 6) is -0.283. The molecule has 4 heteroatoms. The molecule has 0 aliphatic carbocycles. The van der Waals surface area contributed by atoms with E-state index >= 15 is 0 Å². The molecule has 0 N–H and O–H groups in total. The number of carbonyl (C=O) groups is 2. The number of hydrogen-bond acceptors (Lipinski definition) is 3. The van der Waals surface area contributed by atoms with Crippen LogP contribution in [-0.2, 0) is 16.0 Å². The summed E-state index contributed by atoms with van der Waals surface area (Å²) in [5.41, 5.74) is 1.89. The first kappa shape index (κ1) is 16.5. The number of hydrogen-bond donors (Lipinski definition) is 0. The van der Waals surface area contributed by atoms with Crippen molar-refractivity contribution in [3.63, 3.8) is 0 Å². The third kappa shape index (κ3) is 4.06. The second-order valence-corrected chi connectivity index (χ2v) is 6.70. The van der Waals surface area contributed by atoms with Crippen molar-refractivity contribution >= 4 is 22.7 Å². The number of ketones is 2. The molecule has 0 aliphatic rings. The average molecular weight is 314 g/mol. The molecular weight excluding hydrogens is 296 g/mol. The Morgan fingerprint density at radius 3 is 2.27 bits per heavy atom. The van der Waals surface area contributed by atoms with Gasteiger partial charge in [0.25, 0.3) is 0 Å². The Morgan fingerprint density at radius 2 is 1.68 bits per heavy atom. The molecule has 0 saturated carbocycles. The number of rotatable bonds is 6. The van der Waals surface area contributed by atoms with Gasteiger partial charge in [-0.2, -0.15) is 0 Å². The van der Waals surface area contributed by atoms with Crippen LogP contribution in [0.15, 0.2) is 54.6 Å². The zero-order chi connectivity index (χ0) is 16.1. The van der Waals surface area contributed by atoms with Gasteiger partial charge in [-0.3, -0.25) is 9.59 Å². The number of benzene rings is 2. The van der Waals surface area contributed by atoms with E-state index in [4.69, 9.17) is 0 Å². The van der Waals surface area contributed by atoms with Crippen molar-refractivity contribution in [3.8, 4) is 0 Å². The predicted octanol–water partition coefficient (Wildman–Crippen LogP) is 2.97. The van der Waals surface area contributed by atoms with Gasteiger partial charge in [0.05, 0.1) is 12.2 Å². The fraction of sp³-hybridized carbons (Fsp3) is 0.222. The zero-order valence-electron chi connectivity index (χ0n) is 12.6. The lowest BCUT2D eigenvalue weighted by atomic mass is 9.93. The van der Waals surface area contributed by atoms with Crippen LogP contribution in [0, 0.1) is 0 Å². The standard InChI is InChI=1S/C18H18O3S/c1-13(19)17(12-22(2)21)15-9-6-10-16(11-15)18(20)14-7-4-3-5-8-14/h3-11,17H,12H2,1-2H3/t17-,22?/m1/s1. The van der Waals surface area contributed by atoms with Crippen molar-refractivity contribution in [2.75, 3.05) is 12.0 Å². The first-order valence-electron chi connectivity index (χ1n) is 6.99. The molecule has 114 valence electrons. The molecule has 2 aromatic carbocycles. The molecule has 0 bridgehead atoms. The molecule has 0 spiro atoms. The van der Waals surface area contributed by atoms with Crippen LogP contribution in [0.1, 0.15) is 34.3 Å². The molecule has 1 unspecified atom stereocenters. The Labute approximate surface area is 133 Å². The fourth-order valence-electron chi connectivity index (χ4n) is 2.34. The van der Waals surface area contributed by atoms with Crippen molar-refractivity contribution < 1.29 is 14.1 Å². The quantitative estimate of drug-likeness (QED) is 0.608. The van der Waals surface area contributed by atoms with Gasteiger partial charge in [-0.05, 0) is 18.6 Å². The summed E-state index contributed by atoms with van der Waals surface area (Å²) in [4.78, 5) is 24.3. The van der Waals surface area contributed by atoms with Crippen LogP contribution >= 0.6 is 0 Å². The van der Waals surface area contributed by atoms with E-state index in [1.54, 1.807) is 42.7 Å². The maximum atomic E-state index is 12.5. The van der Waals surface area contributed by atoms with E-state index in [2.05, 4.69) is 0 Å². The van der Waals surface area contributed by atoms with E-state index in [-0.39, 0.29) is 17.3 Å². The van der Waals surface area contributed by atoms with Crippen LogP contribution in [0.2, 0.25) is 0 Å². The molecule has 0 fully saturated rings. The molecule has 2 atom stereocenters. The second-order valence-electron chi connectivity index (χ2n) is 5.22. The van der Waals surface area contributed by atoms with E-state index in [0.29, 0.717) is 11.1 Å². The summed E-state index contributed by atoms with van der Waals surface area (Å²) in [6.45, 7) is 1.49. The number of carbonyl (C=O) groups excluding carboxylic acids is 2. The first-order valence-corrected chi connectivity index (χ1v) is 8.72. The third-order valence-electron chi connectivity index (χ3n) is 3.48. The minimum absolute atomic E-state index is 0.0421. The SMILES string of the molecule is CC(=O)[C@@H](C[S+](C)[O-])c1cccc(C(=O)c2ccccc2)c1. The molecule has 0 aromatic heterocycles. The molecule has 0 saturated heterocycles. The van der Waals surface area contributed by atoms with Gasteiger partial charge in [0, 0.05) is 11.1 Å². The highest BCUT2D eigenvalue weighted by molar-refractivity contribution is 7.90. The third-order valence-corrected chi connectivity index (χ3v) is 4.28. The van der Waals surface area contributed by atoms with Crippen LogP contribution in [0.3, 0.4) is 0 Å². The molecule has 22 heavy (non-hydrogen) atoms. The highest BCUT2D eigenvalue weighted by Gasteiger charge is 2.22. The fourth-order valence-corrected chi connectivity index (χ4v) is 3.23. The van der Waals surface area contributed by atoms with Gasteiger partial charge in [0.15, 0.2) is 5.78 Å². The summed E-state index contributed by atoms with van der Waals surface area (Å²) in [6.07, 6.45) is 1.58. The van der Waals surface area contributed by atoms with Crippen molar-refractivity contribution in [3.05, 3.63) is 71.3 Å². The van der Waals surface area contributed by atoms with Crippen LogP contribution in [0.4, 0.5) is 0 Å². The minimum Gasteiger partial charge on any atom is -0.617 e. The topological polar surface area (TPSA) is 57.2 Å². The van der Waals surface area contributed by atoms with Gasteiger partial charge < -0.3 is 4.55 Å². The van der Waals surface area contributed by atoms with Crippen molar-refractivity contribution in [1.82, 2.24) is 0 Å². The largest absolute Gasteiger partial charge is 0.617 e.